The molecule has 0 saturated heterocycles. The zero-order valence-electron chi connectivity index (χ0n) is 16.4. The Balaban J connectivity index is 1.53. The van der Waals surface area contributed by atoms with E-state index < -0.39 is 5.97 Å². The highest BCUT2D eigenvalue weighted by Gasteiger charge is 2.20. The third-order valence-corrected chi connectivity index (χ3v) is 4.43. The number of aryl methyl sites for hydroxylation is 1. The standard InChI is InChI=1S/C22H23N3O4/c1-16-8-6-7-9-17(16)12-13-23-20(26)15-29-22(27)21-19(28-2)14-25(24-21)18-10-4-3-5-11-18/h3-11,14H,12-13,15H2,1-2H3,(H,23,26). The van der Waals surface area contributed by atoms with Crippen LogP contribution in [0.2, 0.25) is 0 Å². The number of hydrogen-bond donors (Lipinski definition) is 1. The molecule has 150 valence electrons. The second-order valence-electron chi connectivity index (χ2n) is 6.43. The van der Waals surface area contributed by atoms with Crippen LogP contribution in [-0.2, 0) is 16.0 Å². The molecule has 1 amide bonds. The fraction of sp³-hybridized carbons (Fsp3) is 0.227. The fourth-order valence-electron chi connectivity index (χ4n) is 2.84. The second kappa shape index (κ2) is 9.54. The predicted octanol–water partition coefficient (Wildman–Crippen LogP) is 2.71. The van der Waals surface area contributed by atoms with Gasteiger partial charge in [-0.3, -0.25) is 4.79 Å². The molecular formula is C22H23N3O4. The Kier molecular flexibility index (Phi) is 6.63. The number of hydrogen-bond acceptors (Lipinski definition) is 5. The Labute approximate surface area is 169 Å². The minimum atomic E-state index is -0.717. The van der Waals surface area contributed by atoms with Gasteiger partial charge in [0.1, 0.15) is 0 Å². The maximum Gasteiger partial charge on any atom is 0.363 e. The second-order valence-corrected chi connectivity index (χ2v) is 6.43. The van der Waals surface area contributed by atoms with E-state index in [4.69, 9.17) is 9.47 Å². The number of ether oxygens (including phenoxy) is 2. The highest BCUT2D eigenvalue weighted by molar-refractivity contribution is 5.92. The summed E-state index contributed by atoms with van der Waals surface area (Å²) < 4.78 is 11.8. The average Bonchev–Trinajstić information content (AvgIpc) is 3.19. The van der Waals surface area contributed by atoms with Crippen LogP contribution >= 0.6 is 0 Å². The summed E-state index contributed by atoms with van der Waals surface area (Å²) in [7, 11) is 1.45. The van der Waals surface area contributed by atoms with Gasteiger partial charge in [-0.25, -0.2) is 9.48 Å². The van der Waals surface area contributed by atoms with Gasteiger partial charge >= 0.3 is 5.97 Å². The van der Waals surface area contributed by atoms with Crippen molar-refractivity contribution in [3.05, 3.63) is 77.6 Å². The topological polar surface area (TPSA) is 82.5 Å². The molecule has 0 unspecified atom stereocenters. The Morgan fingerprint density at radius 1 is 1.07 bits per heavy atom. The van der Waals surface area contributed by atoms with Crippen LogP contribution < -0.4 is 10.1 Å². The van der Waals surface area contributed by atoms with Crippen LogP contribution in [-0.4, -0.2) is 41.9 Å². The van der Waals surface area contributed by atoms with Gasteiger partial charge in [0.05, 0.1) is 19.0 Å². The lowest BCUT2D eigenvalue weighted by Crippen LogP contribution is -2.30. The molecule has 0 atom stereocenters. The van der Waals surface area contributed by atoms with Gasteiger partial charge in [0.15, 0.2) is 12.4 Å². The van der Waals surface area contributed by atoms with E-state index in [1.807, 2.05) is 61.5 Å². The molecule has 0 aliphatic carbocycles. The number of nitrogens with one attached hydrogen (secondary N) is 1. The maximum atomic E-state index is 12.4. The molecule has 0 bridgehead atoms. The molecule has 7 heteroatoms. The van der Waals surface area contributed by atoms with Gasteiger partial charge in [0.25, 0.3) is 5.91 Å². The van der Waals surface area contributed by atoms with E-state index in [0.717, 1.165) is 5.69 Å². The van der Waals surface area contributed by atoms with Crippen LogP contribution in [0.4, 0.5) is 0 Å². The van der Waals surface area contributed by atoms with Crippen molar-refractivity contribution >= 4 is 11.9 Å². The van der Waals surface area contributed by atoms with Gasteiger partial charge in [-0.2, -0.15) is 5.10 Å². The van der Waals surface area contributed by atoms with Crippen molar-refractivity contribution in [2.24, 2.45) is 0 Å². The molecule has 0 spiro atoms. The van der Waals surface area contributed by atoms with Crippen molar-refractivity contribution in [2.45, 2.75) is 13.3 Å². The largest absolute Gasteiger partial charge is 0.493 e. The molecule has 2 aromatic carbocycles. The zero-order valence-corrected chi connectivity index (χ0v) is 16.4. The van der Waals surface area contributed by atoms with Crippen LogP contribution in [0.1, 0.15) is 21.6 Å². The molecule has 0 saturated carbocycles. The number of carbonyl (C=O) groups excluding carboxylic acids is 2. The number of carbonyl (C=O) groups is 2. The van der Waals surface area contributed by atoms with E-state index in [1.165, 1.54) is 22.9 Å². The average molecular weight is 393 g/mol. The number of para-hydroxylation sites is 1. The van der Waals surface area contributed by atoms with Gasteiger partial charge < -0.3 is 14.8 Å². The van der Waals surface area contributed by atoms with Gasteiger partial charge in [-0.1, -0.05) is 42.5 Å². The summed E-state index contributed by atoms with van der Waals surface area (Å²) in [5.41, 5.74) is 3.14. The third-order valence-electron chi connectivity index (χ3n) is 4.43. The molecule has 3 rings (SSSR count). The first-order chi connectivity index (χ1) is 14.1. The van der Waals surface area contributed by atoms with E-state index in [2.05, 4.69) is 10.4 Å². The van der Waals surface area contributed by atoms with Crippen molar-refractivity contribution in [1.29, 1.82) is 0 Å². The molecule has 1 heterocycles. The number of rotatable bonds is 8. The van der Waals surface area contributed by atoms with Crippen LogP contribution in [0.5, 0.6) is 5.75 Å². The Hall–Kier alpha value is -3.61. The number of esters is 1. The van der Waals surface area contributed by atoms with Gasteiger partial charge in [0, 0.05) is 6.54 Å². The van der Waals surface area contributed by atoms with Crippen LogP contribution in [0.25, 0.3) is 5.69 Å². The molecule has 7 nitrogen and oxygen atoms in total. The van der Waals surface area contributed by atoms with Crippen LogP contribution in [0.3, 0.4) is 0 Å². The lowest BCUT2D eigenvalue weighted by Gasteiger charge is -2.08. The molecular weight excluding hydrogens is 370 g/mol. The number of nitrogens with zero attached hydrogens (tertiary/aromatic N) is 2. The van der Waals surface area contributed by atoms with E-state index >= 15 is 0 Å². The van der Waals surface area contributed by atoms with Crippen molar-refractivity contribution < 1.29 is 19.1 Å². The first-order valence-corrected chi connectivity index (χ1v) is 9.26. The Bertz CT molecular complexity index is 983. The minimum Gasteiger partial charge on any atom is -0.493 e. The first-order valence-electron chi connectivity index (χ1n) is 9.26. The molecule has 0 fully saturated rings. The summed E-state index contributed by atoms with van der Waals surface area (Å²) >= 11 is 0. The quantitative estimate of drug-likeness (QED) is 0.595. The predicted molar refractivity (Wildman–Crippen MR) is 108 cm³/mol. The van der Waals surface area contributed by atoms with Crippen molar-refractivity contribution in [3.63, 3.8) is 0 Å². The molecule has 1 aromatic heterocycles. The molecule has 1 N–H and O–H groups in total. The smallest absolute Gasteiger partial charge is 0.363 e. The van der Waals surface area contributed by atoms with Gasteiger partial charge in [-0.05, 0) is 36.6 Å². The SMILES string of the molecule is COc1cn(-c2ccccc2)nc1C(=O)OCC(=O)NCCc1ccccc1C. The molecule has 3 aromatic rings. The van der Waals surface area contributed by atoms with Crippen molar-refractivity contribution in [3.8, 4) is 11.4 Å². The van der Waals surface area contributed by atoms with Crippen LogP contribution in [0.15, 0.2) is 60.8 Å². The number of amides is 1. The first kappa shape index (κ1) is 20.1. The maximum absolute atomic E-state index is 12.4. The summed E-state index contributed by atoms with van der Waals surface area (Å²) in [6, 6.07) is 17.3. The number of benzene rings is 2. The van der Waals surface area contributed by atoms with E-state index in [9.17, 15) is 9.59 Å². The summed E-state index contributed by atoms with van der Waals surface area (Å²) in [5, 5.41) is 6.98. The number of methoxy groups -OCH3 is 1. The van der Waals surface area contributed by atoms with E-state index in [-0.39, 0.29) is 24.0 Å². The van der Waals surface area contributed by atoms with E-state index in [1.54, 1.807) is 6.20 Å². The summed E-state index contributed by atoms with van der Waals surface area (Å²) in [4.78, 5) is 24.3. The summed E-state index contributed by atoms with van der Waals surface area (Å²) in [6.45, 7) is 2.11. The van der Waals surface area contributed by atoms with Crippen LogP contribution in [0, 0.1) is 6.92 Å². The lowest BCUT2D eigenvalue weighted by molar-refractivity contribution is -0.124. The highest BCUT2D eigenvalue weighted by atomic mass is 16.5. The van der Waals surface area contributed by atoms with Crippen molar-refractivity contribution in [1.82, 2.24) is 15.1 Å². The summed E-state index contributed by atoms with van der Waals surface area (Å²) in [5.74, 6) is -0.808. The highest BCUT2D eigenvalue weighted by Crippen LogP contribution is 2.20. The van der Waals surface area contributed by atoms with Gasteiger partial charge in [0.2, 0.25) is 5.69 Å². The van der Waals surface area contributed by atoms with Crippen molar-refractivity contribution in [2.75, 3.05) is 20.3 Å². The van der Waals surface area contributed by atoms with E-state index in [0.29, 0.717) is 13.0 Å². The monoisotopic (exact) mass is 393 g/mol. The normalized spacial score (nSPS) is 10.4. The molecule has 0 radical (unpaired) electrons. The third kappa shape index (κ3) is 5.22. The lowest BCUT2D eigenvalue weighted by atomic mass is 10.1. The minimum absolute atomic E-state index is 0.0177. The van der Waals surface area contributed by atoms with Gasteiger partial charge in [-0.15, -0.1) is 0 Å². The fourth-order valence-corrected chi connectivity index (χ4v) is 2.84. The number of aromatic nitrogens is 2. The zero-order chi connectivity index (χ0) is 20.6. The Morgan fingerprint density at radius 2 is 1.79 bits per heavy atom. The Morgan fingerprint density at radius 3 is 2.52 bits per heavy atom. The molecule has 0 aliphatic rings. The summed E-state index contributed by atoms with van der Waals surface area (Å²) in [6.07, 6.45) is 2.30. The molecule has 0 aliphatic heterocycles. The molecule has 29 heavy (non-hydrogen) atoms.